The highest BCUT2D eigenvalue weighted by molar-refractivity contribution is 6.33. The molecule has 5 aromatic rings. The monoisotopic (exact) mass is 487 g/mol. The van der Waals surface area contributed by atoms with Gasteiger partial charge < -0.3 is 5.32 Å². The molecule has 2 heterocycles. The molecule has 35 heavy (non-hydrogen) atoms. The number of anilines is 1. The number of halogens is 1. The standard InChI is InChI=1S/C26H22ClN5O3/c1-16-7-10-18(11-8-16)14-30-24(34)19-5-3-4-6-22(19)32-25(30)29-31(26(32)35)15-23(33)28-21-12-9-17(2)13-20(21)27/h3-13H,14-15H2,1-2H3,(H,28,33). The van der Waals surface area contributed by atoms with E-state index in [1.54, 1.807) is 36.4 Å². The van der Waals surface area contributed by atoms with E-state index in [9.17, 15) is 14.4 Å². The summed E-state index contributed by atoms with van der Waals surface area (Å²) >= 11 is 6.22. The maximum atomic E-state index is 13.4. The molecule has 0 aliphatic heterocycles. The third-order valence-corrected chi connectivity index (χ3v) is 6.15. The average molecular weight is 488 g/mol. The molecule has 9 heteroatoms. The lowest BCUT2D eigenvalue weighted by Gasteiger charge is -2.10. The zero-order chi connectivity index (χ0) is 24.7. The van der Waals surface area contributed by atoms with Crippen LogP contribution in [0.15, 0.2) is 76.3 Å². The third kappa shape index (κ3) is 4.24. The Labute approximate surface area is 205 Å². The number of carbonyl (C=O) groups excluding carboxylic acids is 1. The summed E-state index contributed by atoms with van der Waals surface area (Å²) < 4.78 is 3.89. The minimum absolute atomic E-state index is 0.167. The molecule has 2 aromatic heterocycles. The zero-order valence-corrected chi connectivity index (χ0v) is 19.9. The van der Waals surface area contributed by atoms with E-state index >= 15 is 0 Å². The van der Waals surface area contributed by atoms with Crippen molar-refractivity contribution in [2.24, 2.45) is 0 Å². The van der Waals surface area contributed by atoms with Gasteiger partial charge in [-0.05, 0) is 49.2 Å². The minimum Gasteiger partial charge on any atom is -0.323 e. The number of hydrogen-bond donors (Lipinski definition) is 1. The minimum atomic E-state index is -0.515. The highest BCUT2D eigenvalue weighted by atomic mass is 35.5. The Balaban J connectivity index is 1.60. The molecule has 1 amide bonds. The number of aryl methyl sites for hydroxylation is 2. The summed E-state index contributed by atoms with van der Waals surface area (Å²) in [6.45, 7) is 3.78. The molecule has 1 N–H and O–H groups in total. The molecule has 3 aromatic carbocycles. The maximum absolute atomic E-state index is 13.4. The van der Waals surface area contributed by atoms with Crippen molar-refractivity contribution in [3.8, 4) is 0 Å². The molecule has 0 aliphatic rings. The molecular weight excluding hydrogens is 466 g/mol. The zero-order valence-electron chi connectivity index (χ0n) is 19.2. The van der Waals surface area contributed by atoms with Crippen LogP contribution in [0.1, 0.15) is 16.7 Å². The van der Waals surface area contributed by atoms with E-state index in [0.29, 0.717) is 21.6 Å². The van der Waals surface area contributed by atoms with Crippen molar-refractivity contribution in [2.45, 2.75) is 26.9 Å². The van der Waals surface area contributed by atoms with Crippen LogP contribution in [0.25, 0.3) is 16.7 Å². The van der Waals surface area contributed by atoms with Gasteiger partial charge in [-0.1, -0.05) is 59.6 Å². The summed E-state index contributed by atoms with van der Waals surface area (Å²) in [5, 5.41) is 7.90. The van der Waals surface area contributed by atoms with Gasteiger partial charge in [0.15, 0.2) is 0 Å². The fraction of sp³-hybridized carbons (Fsp3) is 0.154. The number of carbonyl (C=O) groups is 1. The molecule has 0 saturated heterocycles. The number of nitrogens with one attached hydrogen (secondary N) is 1. The second-order valence-corrected chi connectivity index (χ2v) is 8.91. The van der Waals surface area contributed by atoms with Crippen LogP contribution in [0.4, 0.5) is 5.69 Å². The lowest BCUT2D eigenvalue weighted by molar-refractivity contribution is -0.117. The van der Waals surface area contributed by atoms with Crippen LogP contribution in [0.3, 0.4) is 0 Å². The van der Waals surface area contributed by atoms with Gasteiger partial charge in [-0.3, -0.25) is 14.2 Å². The molecule has 0 bridgehead atoms. The van der Waals surface area contributed by atoms with E-state index in [1.165, 1.54) is 8.97 Å². The molecule has 176 valence electrons. The van der Waals surface area contributed by atoms with Crippen LogP contribution in [0.5, 0.6) is 0 Å². The van der Waals surface area contributed by atoms with Crippen molar-refractivity contribution in [1.29, 1.82) is 0 Å². The molecular formula is C26H22ClN5O3. The van der Waals surface area contributed by atoms with E-state index in [4.69, 9.17) is 11.6 Å². The first kappa shape index (κ1) is 22.6. The van der Waals surface area contributed by atoms with Crippen molar-refractivity contribution in [3.05, 3.63) is 109 Å². The molecule has 0 unspecified atom stereocenters. The van der Waals surface area contributed by atoms with E-state index in [2.05, 4.69) is 10.4 Å². The van der Waals surface area contributed by atoms with Gasteiger partial charge in [0.1, 0.15) is 6.54 Å². The molecule has 0 aliphatic carbocycles. The summed E-state index contributed by atoms with van der Waals surface area (Å²) in [6.07, 6.45) is 0. The van der Waals surface area contributed by atoms with Gasteiger partial charge in [0.25, 0.3) is 5.56 Å². The number of fused-ring (bicyclic) bond motifs is 3. The van der Waals surface area contributed by atoms with Gasteiger partial charge in [0.2, 0.25) is 11.7 Å². The number of amides is 1. The molecule has 0 atom stereocenters. The van der Waals surface area contributed by atoms with E-state index in [1.807, 2.05) is 44.2 Å². The first-order valence-corrected chi connectivity index (χ1v) is 11.4. The Morgan fingerprint density at radius 1 is 0.971 bits per heavy atom. The number of benzene rings is 3. The number of hydrogen-bond acceptors (Lipinski definition) is 4. The van der Waals surface area contributed by atoms with Gasteiger partial charge >= 0.3 is 5.69 Å². The van der Waals surface area contributed by atoms with E-state index < -0.39 is 11.6 Å². The largest absolute Gasteiger partial charge is 0.352 e. The maximum Gasteiger partial charge on any atom is 0.352 e. The topological polar surface area (TPSA) is 90.4 Å². The molecule has 0 spiro atoms. The van der Waals surface area contributed by atoms with Crippen LogP contribution in [0.2, 0.25) is 5.02 Å². The van der Waals surface area contributed by atoms with Crippen LogP contribution in [-0.2, 0) is 17.9 Å². The summed E-state index contributed by atoms with van der Waals surface area (Å²) in [5.41, 5.74) is 3.06. The molecule has 0 fully saturated rings. The Morgan fingerprint density at radius 2 is 1.69 bits per heavy atom. The van der Waals surface area contributed by atoms with Crippen molar-refractivity contribution in [2.75, 3.05) is 5.32 Å². The first-order chi connectivity index (χ1) is 16.8. The number of para-hydroxylation sites is 1. The second kappa shape index (κ2) is 8.88. The van der Waals surface area contributed by atoms with Gasteiger partial charge in [-0.15, -0.1) is 5.10 Å². The van der Waals surface area contributed by atoms with E-state index in [-0.39, 0.29) is 24.4 Å². The predicted octanol–water partition coefficient (Wildman–Crippen LogP) is 3.77. The lowest BCUT2D eigenvalue weighted by atomic mass is 10.1. The van der Waals surface area contributed by atoms with E-state index in [0.717, 1.165) is 21.4 Å². The highest BCUT2D eigenvalue weighted by Crippen LogP contribution is 2.22. The lowest BCUT2D eigenvalue weighted by Crippen LogP contribution is -2.29. The number of aromatic nitrogens is 4. The Kier molecular flexibility index (Phi) is 5.74. The number of nitrogens with zero attached hydrogens (tertiary/aromatic N) is 4. The Hall–Kier alpha value is -4.17. The summed E-state index contributed by atoms with van der Waals surface area (Å²) in [6, 6.07) is 19.9. The molecule has 0 saturated carbocycles. The fourth-order valence-corrected chi connectivity index (χ4v) is 4.32. The molecule has 8 nitrogen and oxygen atoms in total. The molecule has 0 radical (unpaired) electrons. The Morgan fingerprint density at radius 3 is 2.43 bits per heavy atom. The SMILES string of the molecule is Cc1ccc(Cn2c(=O)c3ccccc3n3c(=O)n(CC(=O)Nc4ccc(C)cc4Cl)nc23)cc1. The van der Waals surface area contributed by atoms with Crippen LogP contribution < -0.4 is 16.6 Å². The first-order valence-electron chi connectivity index (χ1n) is 11.0. The van der Waals surface area contributed by atoms with Gasteiger partial charge in [-0.2, -0.15) is 0 Å². The van der Waals surface area contributed by atoms with Gasteiger partial charge in [0, 0.05) is 0 Å². The van der Waals surface area contributed by atoms with Crippen molar-refractivity contribution >= 4 is 39.9 Å². The molecule has 5 rings (SSSR count). The third-order valence-electron chi connectivity index (χ3n) is 5.84. The summed E-state index contributed by atoms with van der Waals surface area (Å²) in [4.78, 5) is 39.5. The van der Waals surface area contributed by atoms with Crippen LogP contribution in [0, 0.1) is 13.8 Å². The average Bonchev–Trinajstić information content (AvgIpc) is 3.15. The predicted molar refractivity (Wildman–Crippen MR) is 136 cm³/mol. The van der Waals surface area contributed by atoms with Gasteiger partial charge in [0.05, 0.1) is 28.2 Å². The van der Waals surface area contributed by atoms with Crippen molar-refractivity contribution in [1.82, 2.24) is 18.7 Å². The van der Waals surface area contributed by atoms with Crippen LogP contribution in [-0.4, -0.2) is 24.7 Å². The number of rotatable bonds is 5. The Bertz CT molecular complexity index is 1710. The van der Waals surface area contributed by atoms with Crippen LogP contribution >= 0.6 is 11.6 Å². The quantitative estimate of drug-likeness (QED) is 0.408. The second-order valence-electron chi connectivity index (χ2n) is 8.50. The normalized spacial score (nSPS) is 11.3. The highest BCUT2D eigenvalue weighted by Gasteiger charge is 2.19. The smallest absolute Gasteiger partial charge is 0.323 e. The van der Waals surface area contributed by atoms with Crippen molar-refractivity contribution in [3.63, 3.8) is 0 Å². The van der Waals surface area contributed by atoms with Crippen molar-refractivity contribution < 1.29 is 4.79 Å². The fourth-order valence-electron chi connectivity index (χ4n) is 4.04. The summed E-state index contributed by atoms with van der Waals surface area (Å²) in [5.74, 6) is -0.293. The summed E-state index contributed by atoms with van der Waals surface area (Å²) in [7, 11) is 0. The van der Waals surface area contributed by atoms with Gasteiger partial charge in [-0.25, -0.2) is 13.9 Å².